The normalized spacial score (nSPS) is 11.3. The summed E-state index contributed by atoms with van der Waals surface area (Å²) in [4.78, 5) is 10.0. The van der Waals surface area contributed by atoms with Crippen LogP contribution in [0.2, 0.25) is 0 Å². The summed E-state index contributed by atoms with van der Waals surface area (Å²) >= 11 is 0. The van der Waals surface area contributed by atoms with Gasteiger partial charge in [-0.2, -0.15) is 0 Å². The highest BCUT2D eigenvalue weighted by Crippen LogP contribution is 2.26. The lowest BCUT2D eigenvalue weighted by Gasteiger charge is -2.23. The van der Waals surface area contributed by atoms with E-state index >= 15 is 0 Å². The molecular weight excluding hydrogens is 178 g/mol. The van der Waals surface area contributed by atoms with Gasteiger partial charge in [0.2, 0.25) is 6.54 Å². The van der Waals surface area contributed by atoms with E-state index in [9.17, 15) is 10.1 Å². The summed E-state index contributed by atoms with van der Waals surface area (Å²) in [5.74, 6) is 0. The molecule has 0 atom stereocenters. The average molecular weight is 193 g/mol. The average Bonchev–Trinajstić information content (AvgIpc) is 2.16. The molecule has 0 aromatic heterocycles. The number of benzene rings is 1. The van der Waals surface area contributed by atoms with Crippen molar-refractivity contribution in [2.75, 3.05) is 6.54 Å². The molecule has 1 aromatic rings. The van der Waals surface area contributed by atoms with Crippen molar-refractivity contribution in [3.63, 3.8) is 0 Å². The standard InChI is InChI=1S/C11H15NO2/c1-11(2,8-9-12(13)14)10-6-4-3-5-7-10/h3-7H,8-9H2,1-2H3. The highest BCUT2D eigenvalue weighted by Gasteiger charge is 2.22. The van der Waals surface area contributed by atoms with Gasteiger partial charge in [0.15, 0.2) is 0 Å². The lowest BCUT2D eigenvalue weighted by molar-refractivity contribution is -0.481. The first kappa shape index (κ1) is 10.7. The van der Waals surface area contributed by atoms with E-state index in [-0.39, 0.29) is 16.9 Å². The van der Waals surface area contributed by atoms with E-state index in [0.717, 1.165) is 5.56 Å². The maximum atomic E-state index is 10.3. The minimum Gasteiger partial charge on any atom is -0.265 e. The molecule has 0 aliphatic carbocycles. The molecule has 14 heavy (non-hydrogen) atoms. The van der Waals surface area contributed by atoms with Crippen molar-refractivity contribution in [3.8, 4) is 0 Å². The maximum absolute atomic E-state index is 10.3. The van der Waals surface area contributed by atoms with Crippen molar-refractivity contribution >= 4 is 0 Å². The smallest absolute Gasteiger partial charge is 0.204 e. The van der Waals surface area contributed by atoms with Gasteiger partial charge < -0.3 is 0 Å². The Balaban J connectivity index is 2.70. The highest BCUT2D eigenvalue weighted by atomic mass is 16.6. The molecular formula is C11H15NO2. The monoisotopic (exact) mass is 193 g/mol. The second-order valence-corrected chi connectivity index (χ2v) is 4.06. The van der Waals surface area contributed by atoms with Crippen molar-refractivity contribution in [1.29, 1.82) is 0 Å². The second-order valence-electron chi connectivity index (χ2n) is 4.06. The van der Waals surface area contributed by atoms with Crippen molar-refractivity contribution < 1.29 is 4.92 Å². The molecule has 0 aliphatic heterocycles. The van der Waals surface area contributed by atoms with Crippen LogP contribution >= 0.6 is 0 Å². The van der Waals surface area contributed by atoms with Gasteiger partial charge in [-0.15, -0.1) is 0 Å². The molecule has 0 saturated heterocycles. The molecule has 1 rings (SSSR count). The van der Waals surface area contributed by atoms with E-state index in [1.807, 2.05) is 44.2 Å². The fraction of sp³-hybridized carbons (Fsp3) is 0.455. The molecule has 3 nitrogen and oxygen atoms in total. The molecule has 3 heteroatoms. The van der Waals surface area contributed by atoms with E-state index < -0.39 is 0 Å². The predicted molar refractivity (Wildman–Crippen MR) is 55.9 cm³/mol. The zero-order chi connectivity index (χ0) is 10.6. The lowest BCUT2D eigenvalue weighted by atomic mass is 9.82. The van der Waals surface area contributed by atoms with Gasteiger partial charge in [0.1, 0.15) is 0 Å². The van der Waals surface area contributed by atoms with Crippen LogP contribution < -0.4 is 0 Å². The predicted octanol–water partition coefficient (Wildman–Crippen LogP) is 2.63. The highest BCUT2D eigenvalue weighted by molar-refractivity contribution is 5.23. The van der Waals surface area contributed by atoms with Crippen LogP contribution in [0.15, 0.2) is 30.3 Å². The molecule has 0 N–H and O–H groups in total. The Hall–Kier alpha value is -1.38. The summed E-state index contributed by atoms with van der Waals surface area (Å²) in [5.41, 5.74) is 1.04. The summed E-state index contributed by atoms with van der Waals surface area (Å²) in [6, 6.07) is 9.90. The number of hydrogen-bond acceptors (Lipinski definition) is 2. The van der Waals surface area contributed by atoms with E-state index in [1.54, 1.807) is 0 Å². The summed E-state index contributed by atoms with van der Waals surface area (Å²) in [7, 11) is 0. The van der Waals surface area contributed by atoms with E-state index in [0.29, 0.717) is 6.42 Å². The third-order valence-electron chi connectivity index (χ3n) is 2.47. The molecule has 0 saturated carbocycles. The molecule has 76 valence electrons. The Morgan fingerprint density at radius 2 is 1.86 bits per heavy atom. The van der Waals surface area contributed by atoms with Crippen LogP contribution in [0.1, 0.15) is 25.8 Å². The summed E-state index contributed by atoms with van der Waals surface area (Å²) in [6.07, 6.45) is 0.573. The van der Waals surface area contributed by atoms with Crippen LogP contribution in [-0.2, 0) is 5.41 Å². The molecule has 0 heterocycles. The molecule has 0 unspecified atom stereocenters. The fourth-order valence-corrected chi connectivity index (χ4v) is 1.40. The largest absolute Gasteiger partial charge is 0.265 e. The minimum absolute atomic E-state index is 0.0297. The Kier molecular flexibility index (Phi) is 3.23. The third kappa shape index (κ3) is 2.83. The first-order valence-corrected chi connectivity index (χ1v) is 4.70. The molecule has 0 fully saturated rings. The summed E-state index contributed by atoms with van der Waals surface area (Å²) in [5, 5.41) is 10.3. The Labute approximate surface area is 83.9 Å². The molecule has 0 radical (unpaired) electrons. The van der Waals surface area contributed by atoms with Gasteiger partial charge in [-0.1, -0.05) is 44.2 Å². The first-order chi connectivity index (χ1) is 6.52. The molecule has 1 aromatic carbocycles. The number of hydrogen-bond donors (Lipinski definition) is 0. The SMILES string of the molecule is CC(C)(CC[N+](=O)[O-])c1ccccc1. The molecule has 0 spiro atoms. The quantitative estimate of drug-likeness (QED) is 0.545. The van der Waals surface area contributed by atoms with Gasteiger partial charge in [0, 0.05) is 11.3 Å². The lowest BCUT2D eigenvalue weighted by Crippen LogP contribution is -2.21. The van der Waals surface area contributed by atoms with Gasteiger partial charge in [-0.25, -0.2) is 0 Å². The van der Waals surface area contributed by atoms with Crippen LogP contribution in [0.25, 0.3) is 0 Å². The Morgan fingerprint density at radius 3 is 2.36 bits per heavy atom. The van der Waals surface area contributed by atoms with Gasteiger partial charge in [-0.05, 0) is 11.0 Å². The number of nitrogens with zero attached hydrogens (tertiary/aromatic N) is 1. The van der Waals surface area contributed by atoms with Crippen molar-refractivity contribution in [2.45, 2.75) is 25.7 Å². The van der Waals surface area contributed by atoms with E-state index in [4.69, 9.17) is 0 Å². The van der Waals surface area contributed by atoms with Crippen LogP contribution in [-0.4, -0.2) is 11.5 Å². The van der Waals surface area contributed by atoms with Crippen molar-refractivity contribution in [2.24, 2.45) is 0 Å². The zero-order valence-electron chi connectivity index (χ0n) is 8.56. The van der Waals surface area contributed by atoms with E-state index in [2.05, 4.69) is 0 Å². The van der Waals surface area contributed by atoms with Gasteiger partial charge in [0.05, 0.1) is 0 Å². The first-order valence-electron chi connectivity index (χ1n) is 4.70. The second kappa shape index (κ2) is 4.22. The van der Waals surface area contributed by atoms with Crippen LogP contribution in [0, 0.1) is 10.1 Å². The van der Waals surface area contributed by atoms with Crippen LogP contribution in [0.4, 0.5) is 0 Å². The molecule has 0 bridgehead atoms. The molecule has 0 amide bonds. The van der Waals surface area contributed by atoms with Crippen LogP contribution in [0.3, 0.4) is 0 Å². The summed E-state index contributed by atoms with van der Waals surface area (Å²) in [6.45, 7) is 4.10. The Bertz CT molecular complexity index is 306. The minimum atomic E-state index is -0.259. The number of rotatable bonds is 4. The third-order valence-corrected chi connectivity index (χ3v) is 2.47. The zero-order valence-corrected chi connectivity index (χ0v) is 8.56. The van der Waals surface area contributed by atoms with Crippen molar-refractivity contribution in [1.82, 2.24) is 0 Å². The van der Waals surface area contributed by atoms with Gasteiger partial charge >= 0.3 is 0 Å². The van der Waals surface area contributed by atoms with Gasteiger partial charge in [-0.3, -0.25) is 10.1 Å². The van der Waals surface area contributed by atoms with Crippen LogP contribution in [0.5, 0.6) is 0 Å². The number of nitro groups is 1. The molecule has 0 aliphatic rings. The topological polar surface area (TPSA) is 43.1 Å². The summed E-state index contributed by atoms with van der Waals surface area (Å²) < 4.78 is 0. The van der Waals surface area contributed by atoms with Gasteiger partial charge in [0.25, 0.3) is 0 Å². The Morgan fingerprint density at radius 1 is 1.29 bits per heavy atom. The van der Waals surface area contributed by atoms with E-state index in [1.165, 1.54) is 0 Å². The fourth-order valence-electron chi connectivity index (χ4n) is 1.40. The van der Waals surface area contributed by atoms with Crippen molar-refractivity contribution in [3.05, 3.63) is 46.0 Å². The maximum Gasteiger partial charge on any atom is 0.204 e.